The van der Waals surface area contributed by atoms with Crippen molar-refractivity contribution in [3.63, 3.8) is 0 Å². The van der Waals surface area contributed by atoms with Crippen LogP contribution in [0.25, 0.3) is 5.69 Å². The van der Waals surface area contributed by atoms with E-state index in [2.05, 4.69) is 21.4 Å². The van der Waals surface area contributed by atoms with E-state index < -0.39 is 6.03 Å². The molecule has 10 heteroatoms. The number of aromatic nitrogens is 3. The molecule has 2 aromatic rings. The van der Waals surface area contributed by atoms with E-state index in [0.717, 1.165) is 5.69 Å². The molecular formula is C12H12N6O2S2. The minimum Gasteiger partial charge on any atom is -0.352 e. The van der Waals surface area contributed by atoms with E-state index in [1.807, 2.05) is 36.6 Å². The maximum Gasteiger partial charge on any atom is 0.322 e. The zero-order valence-corrected chi connectivity index (χ0v) is 13.1. The Balaban J connectivity index is 0.000000541. The van der Waals surface area contributed by atoms with Gasteiger partial charge in [0.1, 0.15) is 0 Å². The van der Waals surface area contributed by atoms with Crippen LogP contribution in [0, 0.1) is 16.3 Å². The highest BCUT2D eigenvalue weighted by molar-refractivity contribution is 7.98. The highest BCUT2D eigenvalue weighted by atomic mass is 32.2. The Morgan fingerprint density at radius 1 is 1.36 bits per heavy atom. The van der Waals surface area contributed by atoms with Crippen LogP contribution >= 0.6 is 24.0 Å². The van der Waals surface area contributed by atoms with E-state index in [0.29, 0.717) is 9.93 Å². The van der Waals surface area contributed by atoms with Gasteiger partial charge in [0, 0.05) is 0 Å². The molecule has 4 N–H and O–H groups in total. The first-order valence-electron chi connectivity index (χ1n) is 5.71. The molecule has 0 saturated heterocycles. The highest BCUT2D eigenvalue weighted by Crippen LogP contribution is 2.19. The van der Waals surface area contributed by atoms with Crippen molar-refractivity contribution in [2.75, 3.05) is 6.26 Å². The average molecular weight is 336 g/mol. The highest BCUT2D eigenvalue weighted by Gasteiger charge is 2.10. The zero-order valence-electron chi connectivity index (χ0n) is 11.5. The SMILES string of the molecule is CSc1nc(OC#N)n(-c2ccccc2)c(=S)n1.NC(N)=O. The molecule has 0 aliphatic rings. The Kier molecular flexibility index (Phi) is 6.81. The summed E-state index contributed by atoms with van der Waals surface area (Å²) in [4.78, 5) is 17.3. The maximum atomic E-state index is 9.00. The lowest BCUT2D eigenvalue weighted by Gasteiger charge is -2.09. The predicted molar refractivity (Wildman–Crippen MR) is 84.0 cm³/mol. The van der Waals surface area contributed by atoms with Gasteiger partial charge in [-0.05, 0) is 30.6 Å². The zero-order chi connectivity index (χ0) is 16.5. The standard InChI is InChI=1S/C11H8N4OS2.CH4N2O/c1-18-9-13-10(16-7-12)15(11(17)14-9)8-5-3-2-4-6-8;2-1(3)4/h2-6H,1H3;(H4,2,3,4). The van der Waals surface area contributed by atoms with Gasteiger partial charge in [-0.1, -0.05) is 30.0 Å². The molecule has 22 heavy (non-hydrogen) atoms. The van der Waals surface area contributed by atoms with Crippen LogP contribution in [0.15, 0.2) is 35.5 Å². The normalized spacial score (nSPS) is 9.09. The second kappa shape index (κ2) is 8.60. The van der Waals surface area contributed by atoms with Crippen molar-refractivity contribution < 1.29 is 9.53 Å². The summed E-state index contributed by atoms with van der Waals surface area (Å²) in [5.41, 5.74) is 9.25. The molecule has 1 heterocycles. The summed E-state index contributed by atoms with van der Waals surface area (Å²) < 4.78 is 6.66. The first-order valence-corrected chi connectivity index (χ1v) is 7.34. The molecule has 8 nitrogen and oxygen atoms in total. The fraction of sp³-hybridized carbons (Fsp3) is 0.0833. The molecule has 0 saturated carbocycles. The van der Waals surface area contributed by atoms with Gasteiger partial charge in [-0.25, -0.2) is 9.36 Å². The Hall–Kier alpha value is -2.64. The van der Waals surface area contributed by atoms with Crippen LogP contribution in [0.3, 0.4) is 0 Å². The minimum absolute atomic E-state index is 0.119. The Bertz CT molecular complexity index is 738. The lowest BCUT2D eigenvalue weighted by Crippen LogP contribution is -2.18. The van der Waals surface area contributed by atoms with E-state index in [9.17, 15) is 0 Å². The molecule has 0 aliphatic carbocycles. The molecule has 0 unspecified atom stereocenters. The number of rotatable bonds is 3. The lowest BCUT2D eigenvalue weighted by atomic mass is 10.3. The summed E-state index contributed by atoms with van der Waals surface area (Å²) in [6.45, 7) is 0. The molecule has 1 aromatic heterocycles. The van der Waals surface area contributed by atoms with Crippen LogP contribution < -0.4 is 16.2 Å². The third kappa shape index (κ3) is 5.04. The number of primary amides is 2. The van der Waals surface area contributed by atoms with Crippen LogP contribution in [-0.2, 0) is 0 Å². The van der Waals surface area contributed by atoms with Crippen LogP contribution in [0.4, 0.5) is 4.79 Å². The number of carbonyl (C=O) groups is 1. The van der Waals surface area contributed by atoms with Gasteiger partial charge in [0.2, 0.25) is 4.77 Å². The molecule has 1 aromatic carbocycles. The van der Waals surface area contributed by atoms with Gasteiger partial charge < -0.3 is 16.2 Å². The first-order chi connectivity index (χ1) is 10.5. The van der Waals surface area contributed by atoms with Gasteiger partial charge >= 0.3 is 12.0 Å². The van der Waals surface area contributed by atoms with Crippen molar-refractivity contribution >= 4 is 30.0 Å². The maximum absolute atomic E-state index is 9.00. The minimum atomic E-state index is -0.833. The number of thioether (sulfide) groups is 1. The molecule has 0 atom stereocenters. The van der Waals surface area contributed by atoms with Gasteiger partial charge in [0.05, 0.1) is 5.69 Å². The van der Waals surface area contributed by atoms with E-state index in [1.54, 1.807) is 6.26 Å². The smallest absolute Gasteiger partial charge is 0.322 e. The number of hydrogen-bond acceptors (Lipinski definition) is 7. The fourth-order valence-corrected chi connectivity index (χ4v) is 2.04. The molecule has 0 aliphatic heterocycles. The summed E-state index contributed by atoms with van der Waals surface area (Å²) in [6, 6.07) is 8.55. The van der Waals surface area contributed by atoms with E-state index in [-0.39, 0.29) is 6.01 Å². The molecule has 0 fully saturated rings. The van der Waals surface area contributed by atoms with Crippen molar-refractivity contribution in [1.29, 1.82) is 5.26 Å². The quantitative estimate of drug-likeness (QED) is 0.494. The monoisotopic (exact) mass is 336 g/mol. The Morgan fingerprint density at radius 2 is 1.95 bits per heavy atom. The van der Waals surface area contributed by atoms with Crippen molar-refractivity contribution in [1.82, 2.24) is 14.5 Å². The largest absolute Gasteiger partial charge is 0.352 e. The number of nitriles is 1. The number of ether oxygens (including phenoxy) is 1. The molecule has 0 spiro atoms. The number of urea groups is 1. The van der Waals surface area contributed by atoms with Crippen LogP contribution in [-0.4, -0.2) is 26.8 Å². The topological polar surface area (TPSA) is 133 Å². The van der Waals surface area contributed by atoms with Crippen molar-refractivity contribution in [3.8, 4) is 18.0 Å². The Labute approximate surface area is 135 Å². The molecule has 0 bridgehead atoms. The predicted octanol–water partition coefficient (Wildman–Crippen LogP) is 1.60. The Morgan fingerprint density at radius 3 is 2.45 bits per heavy atom. The van der Waals surface area contributed by atoms with Crippen LogP contribution in [0.2, 0.25) is 0 Å². The van der Waals surface area contributed by atoms with Gasteiger partial charge in [0.15, 0.2) is 5.16 Å². The summed E-state index contributed by atoms with van der Waals surface area (Å²) in [5, 5.41) is 9.13. The number of carbonyl (C=O) groups excluding carboxylic acids is 1. The average Bonchev–Trinajstić information content (AvgIpc) is 2.47. The van der Waals surface area contributed by atoms with Crippen molar-refractivity contribution in [2.24, 2.45) is 11.5 Å². The summed E-state index contributed by atoms with van der Waals surface area (Å²) in [7, 11) is 0. The fourth-order valence-electron chi connectivity index (χ4n) is 1.37. The van der Waals surface area contributed by atoms with Crippen molar-refractivity contribution in [3.05, 3.63) is 35.1 Å². The van der Waals surface area contributed by atoms with Crippen LogP contribution in [0.5, 0.6) is 6.01 Å². The lowest BCUT2D eigenvalue weighted by molar-refractivity contribution is 0.256. The number of benzene rings is 1. The summed E-state index contributed by atoms with van der Waals surface area (Å²) in [6.07, 6.45) is 3.43. The van der Waals surface area contributed by atoms with Gasteiger partial charge in [-0.2, -0.15) is 9.97 Å². The van der Waals surface area contributed by atoms with Gasteiger partial charge in [-0.3, -0.25) is 0 Å². The summed E-state index contributed by atoms with van der Waals surface area (Å²) in [5.74, 6) is 0. The third-order valence-corrected chi connectivity index (χ3v) is 2.92. The number of nitrogens with two attached hydrogens (primary N) is 2. The number of hydrogen-bond donors (Lipinski definition) is 2. The molecule has 114 valence electrons. The van der Waals surface area contributed by atoms with E-state index in [4.69, 9.17) is 27.0 Å². The molecule has 2 amide bonds. The van der Waals surface area contributed by atoms with Crippen LogP contribution in [0.1, 0.15) is 0 Å². The third-order valence-electron chi connectivity index (χ3n) is 2.10. The van der Waals surface area contributed by atoms with Crippen molar-refractivity contribution in [2.45, 2.75) is 5.16 Å². The van der Waals surface area contributed by atoms with Gasteiger partial charge in [0.25, 0.3) is 6.26 Å². The van der Waals surface area contributed by atoms with E-state index >= 15 is 0 Å². The second-order valence-corrected chi connectivity index (χ2v) is 4.68. The number of para-hydroxylation sites is 1. The number of nitrogens with zero attached hydrogens (tertiary/aromatic N) is 4. The first kappa shape index (κ1) is 17.4. The molecule has 2 rings (SSSR count). The van der Waals surface area contributed by atoms with E-state index in [1.165, 1.54) is 16.3 Å². The molecule has 0 radical (unpaired) electrons. The second-order valence-electron chi connectivity index (χ2n) is 3.54. The molecular weight excluding hydrogens is 324 g/mol. The van der Waals surface area contributed by atoms with Gasteiger partial charge in [-0.15, -0.1) is 5.26 Å². The number of amides is 2. The summed E-state index contributed by atoms with van der Waals surface area (Å²) >= 11 is 6.53.